The summed E-state index contributed by atoms with van der Waals surface area (Å²) in [6.45, 7) is 1.80. The lowest BCUT2D eigenvalue weighted by Crippen LogP contribution is -2.28. The Morgan fingerprint density at radius 1 is 1.14 bits per heavy atom. The summed E-state index contributed by atoms with van der Waals surface area (Å²) in [5, 5.41) is 7.71. The minimum atomic E-state index is -0.518. The van der Waals surface area contributed by atoms with E-state index in [1.54, 1.807) is 24.9 Å². The van der Waals surface area contributed by atoms with Gasteiger partial charge in [0, 0.05) is 36.7 Å². The molecule has 2 aromatic heterocycles. The quantitative estimate of drug-likeness (QED) is 0.577. The molecule has 0 saturated heterocycles. The maximum atomic E-state index is 12.8. The van der Waals surface area contributed by atoms with Crippen LogP contribution in [0.1, 0.15) is 30.1 Å². The highest BCUT2D eigenvalue weighted by atomic mass is 16.5. The van der Waals surface area contributed by atoms with Gasteiger partial charge in [0.05, 0.1) is 19.7 Å². The Kier molecular flexibility index (Phi) is 5.88. The molecule has 146 valence electrons. The Morgan fingerprint density at radius 2 is 1.89 bits per heavy atom. The van der Waals surface area contributed by atoms with E-state index in [1.807, 2.05) is 30.3 Å². The Labute approximate surface area is 162 Å². The Bertz CT molecular complexity index is 934. The van der Waals surface area contributed by atoms with Crippen LogP contribution in [0.2, 0.25) is 0 Å². The standard InChI is InChI=1S/C20H21N3O5/c1-13-19(16-9-10-21-27-16)22-28-20(13)14(12-18(25)26-3)11-17(24)23(2)15-7-5-4-6-8-15/h4-10,14H,11-12H2,1-3H3. The molecule has 0 N–H and O–H groups in total. The largest absolute Gasteiger partial charge is 0.469 e. The summed E-state index contributed by atoms with van der Waals surface area (Å²) in [7, 11) is 3.00. The number of hydrogen-bond donors (Lipinski definition) is 0. The first kappa shape index (κ1) is 19.3. The zero-order valence-corrected chi connectivity index (χ0v) is 15.9. The molecule has 8 nitrogen and oxygen atoms in total. The predicted octanol–water partition coefficient (Wildman–Crippen LogP) is 3.34. The van der Waals surface area contributed by atoms with Crippen LogP contribution in [0, 0.1) is 6.92 Å². The van der Waals surface area contributed by atoms with Gasteiger partial charge in [-0.3, -0.25) is 9.59 Å². The van der Waals surface area contributed by atoms with Crippen LogP contribution in [0.5, 0.6) is 0 Å². The molecule has 8 heteroatoms. The lowest BCUT2D eigenvalue weighted by molar-refractivity contribution is -0.141. The van der Waals surface area contributed by atoms with Gasteiger partial charge in [0.2, 0.25) is 5.91 Å². The van der Waals surface area contributed by atoms with Gasteiger partial charge in [-0.25, -0.2) is 0 Å². The van der Waals surface area contributed by atoms with E-state index in [-0.39, 0.29) is 18.7 Å². The van der Waals surface area contributed by atoms with E-state index in [4.69, 9.17) is 13.8 Å². The van der Waals surface area contributed by atoms with Crippen molar-refractivity contribution in [3.63, 3.8) is 0 Å². The molecule has 0 bridgehead atoms. The van der Waals surface area contributed by atoms with E-state index >= 15 is 0 Å². The molecule has 0 fully saturated rings. The highest BCUT2D eigenvalue weighted by Crippen LogP contribution is 2.33. The number of aromatic nitrogens is 2. The summed E-state index contributed by atoms with van der Waals surface area (Å²) in [6, 6.07) is 10.9. The minimum absolute atomic E-state index is 0.00323. The molecule has 3 aromatic rings. The van der Waals surface area contributed by atoms with Crippen LogP contribution in [0.4, 0.5) is 5.69 Å². The second-order valence-corrected chi connectivity index (χ2v) is 6.37. The molecule has 1 amide bonds. The molecule has 0 radical (unpaired) electrons. The summed E-state index contributed by atoms with van der Waals surface area (Å²) in [5.41, 5.74) is 1.95. The molecule has 3 rings (SSSR count). The summed E-state index contributed by atoms with van der Waals surface area (Å²) in [4.78, 5) is 26.3. The minimum Gasteiger partial charge on any atom is -0.469 e. The lowest BCUT2D eigenvalue weighted by Gasteiger charge is -2.20. The van der Waals surface area contributed by atoms with Crippen LogP contribution >= 0.6 is 0 Å². The Balaban J connectivity index is 1.85. The number of ether oxygens (including phenoxy) is 1. The zero-order valence-electron chi connectivity index (χ0n) is 15.9. The first-order valence-electron chi connectivity index (χ1n) is 8.77. The van der Waals surface area contributed by atoms with Crippen molar-refractivity contribution in [2.75, 3.05) is 19.1 Å². The molecular weight excluding hydrogens is 362 g/mol. The van der Waals surface area contributed by atoms with Gasteiger partial charge in [-0.2, -0.15) is 0 Å². The topological polar surface area (TPSA) is 98.7 Å². The molecule has 0 spiro atoms. The maximum absolute atomic E-state index is 12.8. The highest BCUT2D eigenvalue weighted by Gasteiger charge is 2.29. The molecule has 0 aliphatic heterocycles. The van der Waals surface area contributed by atoms with Gasteiger partial charge in [-0.05, 0) is 19.1 Å². The number of para-hydroxylation sites is 1. The SMILES string of the molecule is COC(=O)CC(CC(=O)N(C)c1ccccc1)c1onc(-c2ccno2)c1C. The number of benzene rings is 1. The molecule has 28 heavy (non-hydrogen) atoms. The average Bonchev–Trinajstić information content (AvgIpc) is 3.36. The lowest BCUT2D eigenvalue weighted by atomic mass is 9.94. The number of rotatable bonds is 7. The van der Waals surface area contributed by atoms with Gasteiger partial charge in [0.25, 0.3) is 0 Å². The van der Waals surface area contributed by atoms with Crippen LogP contribution in [0.3, 0.4) is 0 Å². The molecule has 0 aliphatic rings. The third-order valence-corrected chi connectivity index (χ3v) is 4.58. The van der Waals surface area contributed by atoms with Gasteiger partial charge in [0.1, 0.15) is 5.76 Å². The van der Waals surface area contributed by atoms with E-state index in [0.717, 1.165) is 5.69 Å². The van der Waals surface area contributed by atoms with Gasteiger partial charge < -0.3 is 18.7 Å². The van der Waals surface area contributed by atoms with E-state index < -0.39 is 11.9 Å². The Hall–Kier alpha value is -3.42. The molecule has 1 unspecified atom stereocenters. The zero-order chi connectivity index (χ0) is 20.1. The molecular formula is C20H21N3O5. The van der Waals surface area contributed by atoms with Crippen molar-refractivity contribution < 1.29 is 23.4 Å². The summed E-state index contributed by atoms with van der Waals surface area (Å²) in [5.74, 6) is -0.201. The second-order valence-electron chi connectivity index (χ2n) is 6.37. The number of carbonyl (C=O) groups excluding carboxylic acids is 2. The molecule has 2 heterocycles. The number of anilines is 1. The normalized spacial score (nSPS) is 11.8. The van der Waals surface area contributed by atoms with E-state index in [2.05, 4.69) is 10.3 Å². The summed E-state index contributed by atoms with van der Waals surface area (Å²) >= 11 is 0. The molecule has 1 atom stereocenters. The van der Waals surface area contributed by atoms with E-state index in [0.29, 0.717) is 22.8 Å². The third-order valence-electron chi connectivity index (χ3n) is 4.58. The first-order chi connectivity index (χ1) is 13.5. The predicted molar refractivity (Wildman–Crippen MR) is 101 cm³/mol. The van der Waals surface area contributed by atoms with Crippen molar-refractivity contribution in [3.8, 4) is 11.5 Å². The van der Waals surface area contributed by atoms with Crippen molar-refractivity contribution in [2.24, 2.45) is 0 Å². The van der Waals surface area contributed by atoms with Crippen molar-refractivity contribution in [1.29, 1.82) is 0 Å². The van der Waals surface area contributed by atoms with Crippen LogP contribution in [0.25, 0.3) is 11.5 Å². The Morgan fingerprint density at radius 3 is 2.54 bits per heavy atom. The van der Waals surface area contributed by atoms with Gasteiger partial charge >= 0.3 is 5.97 Å². The number of carbonyl (C=O) groups is 2. The number of esters is 1. The average molecular weight is 383 g/mol. The molecule has 0 aliphatic carbocycles. The molecule has 1 aromatic carbocycles. The van der Waals surface area contributed by atoms with Crippen molar-refractivity contribution in [1.82, 2.24) is 10.3 Å². The number of amides is 1. The van der Waals surface area contributed by atoms with Crippen molar-refractivity contribution in [2.45, 2.75) is 25.7 Å². The highest BCUT2D eigenvalue weighted by molar-refractivity contribution is 5.93. The van der Waals surface area contributed by atoms with Crippen LogP contribution in [-0.4, -0.2) is 36.3 Å². The van der Waals surface area contributed by atoms with Crippen molar-refractivity contribution in [3.05, 3.63) is 53.9 Å². The van der Waals surface area contributed by atoms with Crippen LogP contribution in [0.15, 0.2) is 51.6 Å². The first-order valence-corrected chi connectivity index (χ1v) is 8.77. The van der Waals surface area contributed by atoms with Gasteiger partial charge in [0.15, 0.2) is 11.5 Å². The number of nitrogens with zero attached hydrogens (tertiary/aromatic N) is 3. The molecule has 0 saturated carbocycles. The number of methoxy groups -OCH3 is 1. The van der Waals surface area contributed by atoms with Gasteiger partial charge in [-0.15, -0.1) is 0 Å². The van der Waals surface area contributed by atoms with E-state index in [1.165, 1.54) is 13.3 Å². The monoisotopic (exact) mass is 383 g/mol. The summed E-state index contributed by atoms with van der Waals surface area (Å²) < 4.78 is 15.4. The fraction of sp³-hybridized carbons (Fsp3) is 0.300. The maximum Gasteiger partial charge on any atom is 0.306 e. The fourth-order valence-electron chi connectivity index (χ4n) is 2.98. The van der Waals surface area contributed by atoms with Crippen molar-refractivity contribution >= 4 is 17.6 Å². The fourth-order valence-corrected chi connectivity index (χ4v) is 2.98. The summed E-state index contributed by atoms with van der Waals surface area (Å²) in [6.07, 6.45) is 1.57. The van der Waals surface area contributed by atoms with Gasteiger partial charge in [-0.1, -0.05) is 28.5 Å². The number of hydrogen-bond acceptors (Lipinski definition) is 7. The van der Waals surface area contributed by atoms with Crippen LogP contribution < -0.4 is 4.90 Å². The second kappa shape index (κ2) is 8.51. The van der Waals surface area contributed by atoms with Crippen LogP contribution in [-0.2, 0) is 14.3 Å². The van der Waals surface area contributed by atoms with E-state index in [9.17, 15) is 9.59 Å². The smallest absolute Gasteiger partial charge is 0.306 e. The third kappa shape index (κ3) is 4.11.